The number of hydrogen-bond donors (Lipinski definition) is 1. The van der Waals surface area contributed by atoms with Gasteiger partial charge in [0, 0.05) is 26.3 Å². The molecule has 1 aromatic heterocycles. The lowest BCUT2D eigenvalue weighted by molar-refractivity contribution is -0.145. The van der Waals surface area contributed by atoms with Crippen LogP contribution in [0, 0.1) is 0 Å². The van der Waals surface area contributed by atoms with Crippen LogP contribution in [0.15, 0.2) is 34.9 Å². The van der Waals surface area contributed by atoms with Crippen LogP contribution in [0.5, 0.6) is 0 Å². The molecule has 8 heteroatoms. The highest BCUT2D eigenvalue weighted by Crippen LogP contribution is 2.34. The second-order valence-corrected chi connectivity index (χ2v) is 9.33. The average molecular weight is 455 g/mol. The Kier molecular flexibility index (Phi) is 7.42. The predicted molar refractivity (Wildman–Crippen MR) is 122 cm³/mol. The summed E-state index contributed by atoms with van der Waals surface area (Å²) in [4.78, 5) is 31.4. The van der Waals surface area contributed by atoms with Crippen molar-refractivity contribution in [2.75, 3.05) is 13.1 Å². The monoisotopic (exact) mass is 454 g/mol. The van der Waals surface area contributed by atoms with E-state index in [0.29, 0.717) is 37.6 Å². The Morgan fingerprint density at radius 3 is 2.55 bits per heavy atom. The van der Waals surface area contributed by atoms with E-state index in [1.54, 1.807) is 0 Å². The minimum atomic E-state index is -0.573. The number of nitrogens with one attached hydrogen (secondary N) is 1. The third-order valence-corrected chi connectivity index (χ3v) is 6.61. The number of aromatic nitrogens is 2. The minimum Gasteiger partial charge on any atom is -0.367 e. The third-order valence-electron chi connectivity index (χ3n) is 6.61. The van der Waals surface area contributed by atoms with Crippen molar-refractivity contribution in [3.05, 3.63) is 47.6 Å². The largest absolute Gasteiger partial charge is 0.367 e. The lowest BCUT2D eigenvalue weighted by Gasteiger charge is -2.37. The lowest BCUT2D eigenvalue weighted by Crippen LogP contribution is -2.46. The van der Waals surface area contributed by atoms with Gasteiger partial charge in [0.2, 0.25) is 17.7 Å². The van der Waals surface area contributed by atoms with Gasteiger partial charge in [0.25, 0.3) is 0 Å². The summed E-state index contributed by atoms with van der Waals surface area (Å²) in [6, 6.07) is 10.0. The molecule has 1 N–H and O–H groups in total. The Hall–Kier alpha value is -2.74. The van der Waals surface area contributed by atoms with E-state index in [9.17, 15) is 9.59 Å². The van der Waals surface area contributed by atoms with E-state index in [2.05, 4.69) is 15.5 Å². The number of morpholine rings is 1. The molecule has 8 nitrogen and oxygen atoms in total. The van der Waals surface area contributed by atoms with Gasteiger partial charge < -0.3 is 19.5 Å². The number of aryl methyl sites for hydroxylation is 1. The molecule has 0 bridgehead atoms. The van der Waals surface area contributed by atoms with E-state index < -0.39 is 5.54 Å². The Balaban J connectivity index is 1.39. The highest BCUT2D eigenvalue weighted by atomic mass is 16.5. The second kappa shape index (κ2) is 10.5. The van der Waals surface area contributed by atoms with Crippen LogP contribution < -0.4 is 5.32 Å². The minimum absolute atomic E-state index is 0.0318. The van der Waals surface area contributed by atoms with Crippen molar-refractivity contribution >= 4 is 11.8 Å². The van der Waals surface area contributed by atoms with Gasteiger partial charge in [0.15, 0.2) is 5.82 Å². The van der Waals surface area contributed by atoms with Gasteiger partial charge in [-0.25, -0.2) is 0 Å². The van der Waals surface area contributed by atoms with Crippen molar-refractivity contribution in [3.63, 3.8) is 0 Å². The molecule has 1 saturated carbocycles. The van der Waals surface area contributed by atoms with E-state index in [4.69, 9.17) is 9.26 Å². The number of amides is 2. The predicted octanol–water partition coefficient (Wildman–Crippen LogP) is 3.68. The summed E-state index contributed by atoms with van der Waals surface area (Å²) >= 11 is 0. The summed E-state index contributed by atoms with van der Waals surface area (Å²) in [5, 5.41) is 7.31. The van der Waals surface area contributed by atoms with Crippen molar-refractivity contribution in [3.8, 4) is 0 Å². The van der Waals surface area contributed by atoms with E-state index in [1.165, 1.54) is 6.92 Å². The molecule has 2 aliphatic rings. The smallest absolute Gasteiger partial charge is 0.227 e. The molecule has 178 valence electrons. The fourth-order valence-corrected chi connectivity index (χ4v) is 5.00. The summed E-state index contributed by atoms with van der Waals surface area (Å²) in [6.07, 6.45) is 6.43. The Labute approximate surface area is 195 Å². The van der Waals surface area contributed by atoms with Gasteiger partial charge in [-0.15, -0.1) is 0 Å². The molecule has 2 atom stereocenters. The maximum absolute atomic E-state index is 13.0. The second-order valence-electron chi connectivity index (χ2n) is 9.33. The quantitative estimate of drug-likeness (QED) is 0.669. The molecule has 2 aromatic rings. The molecule has 1 saturated heterocycles. The van der Waals surface area contributed by atoms with Gasteiger partial charge in [0.05, 0.1) is 12.6 Å². The molecular formula is C25H34N4O4. The SMILES string of the molecule is CC(=O)NC1(c2noc(CCC(=O)N3CC(C)OC(c4ccccc4)C3)n2)CCCCCC1. The highest BCUT2D eigenvalue weighted by Gasteiger charge is 2.38. The Bertz CT molecular complexity index is 937. The first-order valence-electron chi connectivity index (χ1n) is 12.1. The van der Waals surface area contributed by atoms with Gasteiger partial charge >= 0.3 is 0 Å². The number of hydrogen-bond acceptors (Lipinski definition) is 6. The maximum Gasteiger partial charge on any atom is 0.227 e. The normalized spacial score (nSPS) is 23.0. The van der Waals surface area contributed by atoms with Crippen LogP contribution in [0.3, 0.4) is 0 Å². The number of nitrogens with zero attached hydrogens (tertiary/aromatic N) is 3. The fourth-order valence-electron chi connectivity index (χ4n) is 5.00. The van der Waals surface area contributed by atoms with Gasteiger partial charge in [-0.1, -0.05) is 61.2 Å². The van der Waals surface area contributed by atoms with E-state index in [0.717, 1.165) is 44.1 Å². The lowest BCUT2D eigenvalue weighted by atomic mass is 9.89. The molecule has 1 aliphatic carbocycles. The standard InChI is InChI=1S/C25H34N4O4/c1-18-16-29(17-21(32-18)20-10-6-5-7-11-20)23(31)13-12-22-26-24(28-33-22)25(27-19(2)30)14-8-3-4-9-15-25/h5-7,10-11,18,21H,3-4,8-9,12-17H2,1-2H3,(H,27,30). The van der Waals surface area contributed by atoms with Crippen LogP contribution in [-0.4, -0.2) is 46.0 Å². The summed E-state index contributed by atoms with van der Waals surface area (Å²) in [5.74, 6) is 0.934. The van der Waals surface area contributed by atoms with E-state index in [1.807, 2.05) is 42.2 Å². The first-order valence-corrected chi connectivity index (χ1v) is 12.1. The number of benzene rings is 1. The molecule has 1 aromatic carbocycles. The van der Waals surface area contributed by atoms with Crippen molar-refractivity contribution in [1.82, 2.24) is 20.4 Å². The summed E-state index contributed by atoms with van der Waals surface area (Å²) in [5.41, 5.74) is 0.506. The van der Waals surface area contributed by atoms with Crippen LogP contribution in [0.4, 0.5) is 0 Å². The zero-order valence-corrected chi connectivity index (χ0v) is 19.6. The van der Waals surface area contributed by atoms with Crippen LogP contribution in [0.1, 0.15) is 82.2 Å². The zero-order valence-electron chi connectivity index (χ0n) is 19.6. The van der Waals surface area contributed by atoms with Gasteiger partial charge in [-0.2, -0.15) is 4.98 Å². The fraction of sp³-hybridized carbons (Fsp3) is 0.600. The Morgan fingerprint density at radius 2 is 1.85 bits per heavy atom. The van der Waals surface area contributed by atoms with Crippen LogP contribution >= 0.6 is 0 Å². The summed E-state index contributed by atoms with van der Waals surface area (Å²) in [7, 11) is 0. The number of ether oxygens (including phenoxy) is 1. The van der Waals surface area contributed by atoms with Gasteiger partial charge in [0.1, 0.15) is 11.6 Å². The van der Waals surface area contributed by atoms with Crippen LogP contribution in [0.2, 0.25) is 0 Å². The van der Waals surface area contributed by atoms with Crippen molar-refractivity contribution in [2.24, 2.45) is 0 Å². The molecule has 0 radical (unpaired) electrons. The summed E-state index contributed by atoms with van der Waals surface area (Å²) < 4.78 is 11.6. The van der Waals surface area contributed by atoms with Gasteiger partial charge in [-0.05, 0) is 25.3 Å². The van der Waals surface area contributed by atoms with Crippen LogP contribution in [-0.2, 0) is 26.3 Å². The molecule has 33 heavy (non-hydrogen) atoms. The van der Waals surface area contributed by atoms with Crippen molar-refractivity contribution < 1.29 is 18.8 Å². The molecular weight excluding hydrogens is 420 g/mol. The van der Waals surface area contributed by atoms with Gasteiger partial charge in [-0.3, -0.25) is 9.59 Å². The molecule has 2 amide bonds. The Morgan fingerprint density at radius 1 is 1.12 bits per heavy atom. The van der Waals surface area contributed by atoms with Crippen molar-refractivity contribution in [1.29, 1.82) is 0 Å². The molecule has 2 heterocycles. The zero-order chi connectivity index (χ0) is 23.3. The van der Waals surface area contributed by atoms with E-state index in [-0.39, 0.29) is 24.0 Å². The number of carbonyl (C=O) groups is 2. The topological polar surface area (TPSA) is 97.6 Å². The summed E-state index contributed by atoms with van der Waals surface area (Å²) in [6.45, 7) is 4.63. The first-order chi connectivity index (χ1) is 15.9. The first kappa shape index (κ1) is 23.4. The molecule has 2 unspecified atom stereocenters. The number of carbonyl (C=O) groups excluding carboxylic acids is 2. The molecule has 1 aliphatic heterocycles. The third kappa shape index (κ3) is 5.79. The maximum atomic E-state index is 13.0. The molecule has 0 spiro atoms. The number of rotatable bonds is 6. The van der Waals surface area contributed by atoms with E-state index >= 15 is 0 Å². The highest BCUT2D eigenvalue weighted by molar-refractivity contribution is 5.76. The van der Waals surface area contributed by atoms with Crippen LogP contribution in [0.25, 0.3) is 0 Å². The average Bonchev–Trinajstić information content (AvgIpc) is 3.17. The van der Waals surface area contributed by atoms with Crippen molar-refractivity contribution in [2.45, 2.75) is 83.0 Å². The molecule has 2 fully saturated rings. The molecule has 4 rings (SSSR count).